The number of fused-ring (bicyclic) bond motifs is 1. The number of likely N-dealkylation sites (tertiary alicyclic amines) is 1. The van der Waals surface area contributed by atoms with Crippen molar-refractivity contribution in [3.8, 4) is 5.75 Å². The molecule has 0 saturated carbocycles. The molecule has 0 aromatic heterocycles. The number of amides is 1. The fourth-order valence-electron chi connectivity index (χ4n) is 5.15. The van der Waals surface area contributed by atoms with Gasteiger partial charge in [0.15, 0.2) is 0 Å². The lowest BCUT2D eigenvalue weighted by Gasteiger charge is -2.21. The van der Waals surface area contributed by atoms with Crippen LogP contribution in [0, 0.1) is 13.8 Å². The molecule has 3 aromatic carbocycles. The van der Waals surface area contributed by atoms with E-state index in [1.165, 1.54) is 4.31 Å². The minimum atomic E-state index is -3.54. The first-order chi connectivity index (χ1) is 17.7. The molecule has 1 saturated heterocycles. The van der Waals surface area contributed by atoms with Crippen LogP contribution in [0.3, 0.4) is 0 Å². The Balaban J connectivity index is 1.29. The fraction of sp³-hybridized carbons (Fsp3) is 0.345. The standard InChI is InChI=1S/C29H32N2O5S/c1-20-11-12-21(2)25(15-20)29(32)30-17-27(35-3)28(18-30)36-24-9-6-7-22(16-24)19-37(33,34)31-14-13-23-8-4-5-10-26(23)31/h4-12,15-16,27-28H,13-14,17-19H2,1-3H3. The van der Waals surface area contributed by atoms with Crippen LogP contribution in [0.4, 0.5) is 5.69 Å². The first-order valence-electron chi connectivity index (χ1n) is 12.5. The number of ether oxygens (including phenoxy) is 2. The minimum absolute atomic E-state index is 0.0416. The Morgan fingerprint density at radius 2 is 1.76 bits per heavy atom. The monoisotopic (exact) mass is 520 g/mol. The molecule has 2 atom stereocenters. The van der Waals surface area contributed by atoms with Crippen LogP contribution < -0.4 is 9.04 Å². The molecule has 194 valence electrons. The summed E-state index contributed by atoms with van der Waals surface area (Å²) in [6.07, 6.45) is 0.0644. The highest BCUT2D eigenvalue weighted by Crippen LogP contribution is 2.32. The number of carbonyl (C=O) groups is 1. The third-order valence-electron chi connectivity index (χ3n) is 7.14. The minimum Gasteiger partial charge on any atom is -0.486 e. The molecular weight excluding hydrogens is 488 g/mol. The summed E-state index contributed by atoms with van der Waals surface area (Å²) in [6, 6.07) is 20.7. The van der Waals surface area contributed by atoms with E-state index in [1.807, 2.05) is 62.4 Å². The van der Waals surface area contributed by atoms with Crippen molar-refractivity contribution in [3.63, 3.8) is 0 Å². The number of rotatable bonds is 7. The van der Waals surface area contributed by atoms with Gasteiger partial charge in [0.1, 0.15) is 18.0 Å². The van der Waals surface area contributed by atoms with Gasteiger partial charge in [-0.1, -0.05) is 48.0 Å². The van der Waals surface area contributed by atoms with E-state index >= 15 is 0 Å². The summed E-state index contributed by atoms with van der Waals surface area (Å²) in [5.74, 6) is 0.399. The zero-order valence-corrected chi connectivity index (χ0v) is 22.2. The van der Waals surface area contributed by atoms with E-state index in [0.717, 1.165) is 28.8 Å². The normalized spacial score (nSPS) is 19.2. The summed E-state index contributed by atoms with van der Waals surface area (Å²) in [7, 11) is -1.93. The van der Waals surface area contributed by atoms with Crippen LogP contribution >= 0.6 is 0 Å². The highest BCUT2D eigenvalue weighted by Gasteiger charge is 2.38. The van der Waals surface area contributed by atoms with Gasteiger partial charge in [0.25, 0.3) is 5.91 Å². The van der Waals surface area contributed by atoms with E-state index in [4.69, 9.17) is 9.47 Å². The average Bonchev–Trinajstić information content (AvgIpc) is 3.50. The van der Waals surface area contributed by atoms with Crippen molar-refractivity contribution in [2.24, 2.45) is 0 Å². The molecule has 37 heavy (non-hydrogen) atoms. The van der Waals surface area contributed by atoms with Crippen molar-refractivity contribution in [1.29, 1.82) is 0 Å². The molecule has 2 aliphatic heterocycles. The zero-order chi connectivity index (χ0) is 26.2. The van der Waals surface area contributed by atoms with E-state index in [1.54, 1.807) is 30.2 Å². The lowest BCUT2D eigenvalue weighted by Crippen LogP contribution is -2.32. The fourth-order valence-corrected chi connectivity index (χ4v) is 6.76. The molecule has 8 heteroatoms. The molecule has 7 nitrogen and oxygen atoms in total. The topological polar surface area (TPSA) is 76.1 Å². The average molecular weight is 521 g/mol. The summed E-state index contributed by atoms with van der Waals surface area (Å²) >= 11 is 0. The maximum absolute atomic E-state index is 13.2. The second-order valence-electron chi connectivity index (χ2n) is 9.81. The SMILES string of the molecule is COC1CN(C(=O)c2cc(C)ccc2C)CC1Oc1cccc(CS(=O)(=O)N2CCc3ccccc32)c1. The lowest BCUT2D eigenvalue weighted by molar-refractivity contribution is 0.0339. The number of para-hydroxylation sites is 1. The van der Waals surface area contributed by atoms with Gasteiger partial charge in [-0.05, 0) is 61.2 Å². The number of aryl methyl sites for hydroxylation is 2. The van der Waals surface area contributed by atoms with E-state index in [2.05, 4.69) is 0 Å². The van der Waals surface area contributed by atoms with Crippen molar-refractivity contribution in [3.05, 3.63) is 94.5 Å². The van der Waals surface area contributed by atoms with Gasteiger partial charge >= 0.3 is 0 Å². The van der Waals surface area contributed by atoms with Gasteiger partial charge in [0.05, 0.1) is 24.5 Å². The molecule has 0 spiro atoms. The van der Waals surface area contributed by atoms with Crippen molar-refractivity contribution in [1.82, 2.24) is 4.90 Å². The first kappa shape index (κ1) is 25.3. The summed E-state index contributed by atoms with van der Waals surface area (Å²) in [4.78, 5) is 15.0. The Morgan fingerprint density at radius 3 is 2.57 bits per heavy atom. The van der Waals surface area contributed by atoms with Gasteiger partial charge in [-0.2, -0.15) is 0 Å². The molecule has 1 fully saturated rings. The molecule has 0 N–H and O–H groups in total. The predicted molar refractivity (Wildman–Crippen MR) is 144 cm³/mol. The van der Waals surface area contributed by atoms with Crippen LogP contribution in [-0.4, -0.2) is 58.2 Å². The number of hydrogen-bond acceptors (Lipinski definition) is 5. The highest BCUT2D eigenvalue weighted by molar-refractivity contribution is 7.92. The second kappa shape index (κ2) is 10.2. The number of carbonyl (C=O) groups excluding carboxylic acids is 1. The van der Waals surface area contributed by atoms with Crippen LogP contribution in [0.1, 0.15) is 32.6 Å². The van der Waals surface area contributed by atoms with Gasteiger partial charge in [-0.3, -0.25) is 9.10 Å². The van der Waals surface area contributed by atoms with Gasteiger partial charge in [0.2, 0.25) is 10.0 Å². The van der Waals surface area contributed by atoms with Crippen molar-refractivity contribution in [2.75, 3.05) is 31.0 Å². The van der Waals surface area contributed by atoms with E-state index < -0.39 is 10.0 Å². The van der Waals surface area contributed by atoms with E-state index in [9.17, 15) is 13.2 Å². The smallest absolute Gasteiger partial charge is 0.254 e. The van der Waals surface area contributed by atoms with Crippen LogP contribution in [0.2, 0.25) is 0 Å². The van der Waals surface area contributed by atoms with E-state index in [-0.39, 0.29) is 23.9 Å². The Kier molecular flexibility index (Phi) is 6.96. The molecule has 0 aliphatic carbocycles. The number of methoxy groups -OCH3 is 1. The second-order valence-corrected chi connectivity index (χ2v) is 11.7. The maximum Gasteiger partial charge on any atom is 0.254 e. The molecule has 2 unspecified atom stereocenters. The zero-order valence-electron chi connectivity index (χ0n) is 21.4. The number of anilines is 1. The molecule has 0 radical (unpaired) electrons. The molecule has 3 aromatic rings. The predicted octanol–water partition coefficient (Wildman–Crippen LogP) is 4.11. The summed E-state index contributed by atoms with van der Waals surface area (Å²) in [5, 5.41) is 0. The quantitative estimate of drug-likeness (QED) is 0.469. The third-order valence-corrected chi connectivity index (χ3v) is 8.89. The molecular formula is C29H32N2O5S. The molecule has 2 heterocycles. The van der Waals surface area contributed by atoms with E-state index in [0.29, 0.717) is 36.5 Å². The van der Waals surface area contributed by atoms with Gasteiger partial charge in [0, 0.05) is 19.2 Å². The van der Waals surface area contributed by atoms with Crippen molar-refractivity contribution in [2.45, 2.75) is 38.2 Å². The van der Waals surface area contributed by atoms with Crippen LogP contribution in [0.25, 0.3) is 0 Å². The largest absolute Gasteiger partial charge is 0.486 e. The number of hydrogen-bond donors (Lipinski definition) is 0. The number of nitrogens with zero attached hydrogens (tertiary/aromatic N) is 2. The summed E-state index contributed by atoms with van der Waals surface area (Å²) in [5.41, 5.74) is 5.12. The highest BCUT2D eigenvalue weighted by atomic mass is 32.2. The van der Waals surface area contributed by atoms with Crippen molar-refractivity contribution < 1.29 is 22.7 Å². The van der Waals surface area contributed by atoms with Gasteiger partial charge in [-0.15, -0.1) is 0 Å². The Hall–Kier alpha value is -3.36. The maximum atomic E-state index is 13.2. The first-order valence-corrected chi connectivity index (χ1v) is 14.1. The van der Waals surface area contributed by atoms with Crippen molar-refractivity contribution >= 4 is 21.6 Å². The molecule has 0 bridgehead atoms. The molecule has 5 rings (SSSR count). The summed E-state index contributed by atoms with van der Waals surface area (Å²) in [6.45, 7) is 5.18. The number of sulfonamides is 1. The Morgan fingerprint density at radius 1 is 0.973 bits per heavy atom. The Bertz CT molecular complexity index is 1420. The van der Waals surface area contributed by atoms with Crippen LogP contribution in [-0.2, 0) is 26.9 Å². The lowest BCUT2D eigenvalue weighted by atomic mass is 10.0. The van der Waals surface area contributed by atoms with Gasteiger partial charge < -0.3 is 14.4 Å². The van der Waals surface area contributed by atoms with Crippen LogP contribution in [0.15, 0.2) is 66.7 Å². The Labute approximate surface area is 218 Å². The number of benzene rings is 3. The van der Waals surface area contributed by atoms with Gasteiger partial charge in [-0.25, -0.2) is 8.42 Å². The summed E-state index contributed by atoms with van der Waals surface area (Å²) < 4.78 is 39.9. The third kappa shape index (κ3) is 5.22. The molecule has 1 amide bonds. The molecule has 2 aliphatic rings. The van der Waals surface area contributed by atoms with Crippen LogP contribution in [0.5, 0.6) is 5.75 Å².